The van der Waals surface area contributed by atoms with Gasteiger partial charge in [-0.2, -0.15) is 4.98 Å². The molecule has 0 bridgehead atoms. The van der Waals surface area contributed by atoms with Crippen molar-refractivity contribution < 1.29 is 4.52 Å². The number of nitrogens with two attached hydrogens (primary N) is 1. The highest BCUT2D eigenvalue weighted by atomic mass is 32.1. The van der Waals surface area contributed by atoms with Gasteiger partial charge in [0.1, 0.15) is 4.88 Å². The Morgan fingerprint density at radius 2 is 2.28 bits per heavy atom. The largest absolute Gasteiger partial charge is 0.397 e. The number of rotatable bonds is 2. The van der Waals surface area contributed by atoms with Crippen LogP contribution in [-0.2, 0) is 7.05 Å². The monoisotopic (exact) mass is 261 g/mol. The first-order valence-corrected chi connectivity index (χ1v) is 6.20. The van der Waals surface area contributed by atoms with Crippen molar-refractivity contribution in [1.29, 1.82) is 0 Å². The Labute approximate surface area is 107 Å². The van der Waals surface area contributed by atoms with Crippen LogP contribution in [-0.4, -0.2) is 19.7 Å². The fraction of sp³-hybridized carbons (Fsp3) is 0.182. The molecule has 0 aromatic carbocycles. The van der Waals surface area contributed by atoms with Crippen LogP contribution in [0.25, 0.3) is 22.4 Å². The zero-order chi connectivity index (χ0) is 12.7. The van der Waals surface area contributed by atoms with Gasteiger partial charge in [0.25, 0.3) is 5.89 Å². The molecule has 3 heterocycles. The van der Waals surface area contributed by atoms with Gasteiger partial charge < -0.3 is 14.8 Å². The summed E-state index contributed by atoms with van der Waals surface area (Å²) in [5.41, 5.74) is 7.66. The summed E-state index contributed by atoms with van der Waals surface area (Å²) in [5, 5.41) is 5.90. The van der Waals surface area contributed by atoms with Gasteiger partial charge in [0.05, 0.1) is 5.69 Å². The second-order valence-electron chi connectivity index (χ2n) is 3.95. The minimum atomic E-state index is 0.434. The zero-order valence-electron chi connectivity index (χ0n) is 9.91. The molecule has 18 heavy (non-hydrogen) atoms. The lowest BCUT2D eigenvalue weighted by Gasteiger charge is -1.93. The Morgan fingerprint density at radius 3 is 2.89 bits per heavy atom. The van der Waals surface area contributed by atoms with E-state index in [4.69, 9.17) is 10.3 Å². The molecule has 92 valence electrons. The summed E-state index contributed by atoms with van der Waals surface area (Å²) in [6, 6.07) is 0. The van der Waals surface area contributed by atoms with Crippen LogP contribution in [0.3, 0.4) is 0 Å². The van der Waals surface area contributed by atoms with Crippen LogP contribution in [0, 0.1) is 6.92 Å². The van der Waals surface area contributed by atoms with E-state index >= 15 is 0 Å². The van der Waals surface area contributed by atoms with E-state index in [0.29, 0.717) is 23.2 Å². The first-order chi connectivity index (χ1) is 8.66. The highest BCUT2D eigenvalue weighted by Crippen LogP contribution is 2.34. The molecule has 0 saturated carbocycles. The second kappa shape index (κ2) is 3.95. The molecule has 3 aromatic rings. The maximum Gasteiger partial charge on any atom is 0.270 e. The number of hydrogen-bond acceptors (Lipinski definition) is 6. The van der Waals surface area contributed by atoms with Crippen molar-refractivity contribution in [3.8, 4) is 22.4 Å². The molecule has 0 aliphatic heterocycles. The minimum absolute atomic E-state index is 0.434. The van der Waals surface area contributed by atoms with Crippen LogP contribution in [0.2, 0.25) is 0 Å². The highest BCUT2D eigenvalue weighted by molar-refractivity contribution is 7.14. The normalized spacial score (nSPS) is 11.0. The number of aryl methyl sites for hydroxylation is 2. The molecule has 0 radical (unpaired) electrons. The number of anilines is 1. The summed E-state index contributed by atoms with van der Waals surface area (Å²) in [6.07, 6.45) is 3.52. The van der Waals surface area contributed by atoms with Crippen LogP contribution in [0.15, 0.2) is 22.3 Å². The molecule has 0 saturated heterocycles. The maximum atomic E-state index is 5.95. The Kier molecular flexibility index (Phi) is 2.41. The zero-order valence-corrected chi connectivity index (χ0v) is 10.7. The second-order valence-corrected chi connectivity index (χ2v) is 4.83. The average Bonchev–Trinajstić information content (AvgIpc) is 3.02. The minimum Gasteiger partial charge on any atom is -0.397 e. The summed E-state index contributed by atoms with van der Waals surface area (Å²) in [6.45, 7) is 1.95. The quantitative estimate of drug-likeness (QED) is 0.763. The van der Waals surface area contributed by atoms with Gasteiger partial charge in [-0.3, -0.25) is 0 Å². The fourth-order valence-corrected chi connectivity index (χ4v) is 2.50. The molecule has 3 rings (SSSR count). The van der Waals surface area contributed by atoms with Gasteiger partial charge in [0.2, 0.25) is 5.82 Å². The number of hydrogen-bond donors (Lipinski definition) is 1. The molecule has 0 amide bonds. The Bertz CT molecular complexity index is 696. The molecular weight excluding hydrogens is 250 g/mol. The Morgan fingerprint density at radius 1 is 1.44 bits per heavy atom. The molecule has 0 spiro atoms. The third-order valence-electron chi connectivity index (χ3n) is 2.66. The van der Waals surface area contributed by atoms with E-state index in [-0.39, 0.29) is 0 Å². The van der Waals surface area contributed by atoms with E-state index in [1.54, 1.807) is 6.20 Å². The summed E-state index contributed by atoms with van der Waals surface area (Å²) in [5.74, 6) is 1.56. The van der Waals surface area contributed by atoms with Crippen molar-refractivity contribution in [3.05, 3.63) is 23.3 Å². The van der Waals surface area contributed by atoms with Gasteiger partial charge in [-0.25, -0.2) is 4.98 Å². The van der Waals surface area contributed by atoms with Gasteiger partial charge in [0.15, 0.2) is 5.82 Å². The molecule has 2 N–H and O–H groups in total. The SMILES string of the molecule is Cc1csc(-c2nc(-c3nccn3C)no2)c1N. The standard InChI is InChI=1S/C11H11N5OS/c1-6-5-18-8(7(6)12)11-14-9(15-17-11)10-13-3-4-16(10)2/h3-5H,12H2,1-2H3. The van der Waals surface area contributed by atoms with E-state index in [1.165, 1.54) is 11.3 Å². The highest BCUT2D eigenvalue weighted by Gasteiger charge is 2.17. The first kappa shape index (κ1) is 11.0. The molecular formula is C11H11N5OS. The van der Waals surface area contributed by atoms with Crippen molar-refractivity contribution >= 4 is 17.0 Å². The van der Waals surface area contributed by atoms with Crippen molar-refractivity contribution in [2.45, 2.75) is 6.92 Å². The summed E-state index contributed by atoms with van der Waals surface area (Å²) >= 11 is 1.50. The summed E-state index contributed by atoms with van der Waals surface area (Å²) in [7, 11) is 1.88. The Hall–Kier alpha value is -2.15. The number of nitrogen functional groups attached to an aromatic ring is 1. The lowest BCUT2D eigenvalue weighted by Crippen LogP contribution is -1.92. The van der Waals surface area contributed by atoms with Crippen LogP contribution < -0.4 is 5.73 Å². The van der Waals surface area contributed by atoms with E-state index in [1.807, 2.05) is 30.1 Å². The predicted octanol–water partition coefficient (Wildman–Crippen LogP) is 2.09. The molecule has 0 aliphatic rings. The number of aromatic nitrogens is 4. The Balaban J connectivity index is 2.05. The van der Waals surface area contributed by atoms with E-state index in [0.717, 1.165) is 10.4 Å². The van der Waals surface area contributed by atoms with Crippen LogP contribution in [0.4, 0.5) is 5.69 Å². The smallest absolute Gasteiger partial charge is 0.270 e. The number of thiophene rings is 1. The van der Waals surface area contributed by atoms with Gasteiger partial charge in [-0.05, 0) is 17.9 Å². The average molecular weight is 261 g/mol. The van der Waals surface area contributed by atoms with Crippen molar-refractivity contribution in [1.82, 2.24) is 19.7 Å². The van der Waals surface area contributed by atoms with Crippen LogP contribution in [0.5, 0.6) is 0 Å². The van der Waals surface area contributed by atoms with E-state index in [2.05, 4.69) is 15.1 Å². The third kappa shape index (κ3) is 1.60. The fourth-order valence-electron chi connectivity index (χ4n) is 1.61. The van der Waals surface area contributed by atoms with Crippen molar-refractivity contribution in [2.75, 3.05) is 5.73 Å². The number of imidazole rings is 1. The van der Waals surface area contributed by atoms with Gasteiger partial charge in [-0.1, -0.05) is 5.16 Å². The summed E-state index contributed by atoms with van der Waals surface area (Å²) < 4.78 is 7.07. The topological polar surface area (TPSA) is 82.8 Å². The third-order valence-corrected chi connectivity index (χ3v) is 3.77. The van der Waals surface area contributed by atoms with Gasteiger partial charge >= 0.3 is 0 Å². The molecule has 3 aromatic heterocycles. The van der Waals surface area contributed by atoms with E-state index < -0.39 is 0 Å². The summed E-state index contributed by atoms with van der Waals surface area (Å²) in [4.78, 5) is 9.30. The molecule has 6 nitrogen and oxygen atoms in total. The predicted molar refractivity (Wildman–Crippen MR) is 69.0 cm³/mol. The van der Waals surface area contributed by atoms with Crippen LogP contribution in [0.1, 0.15) is 5.56 Å². The van der Waals surface area contributed by atoms with E-state index in [9.17, 15) is 0 Å². The lowest BCUT2D eigenvalue weighted by molar-refractivity contribution is 0.432. The molecule has 7 heteroatoms. The maximum absolute atomic E-state index is 5.95. The van der Waals surface area contributed by atoms with Gasteiger partial charge in [0, 0.05) is 19.4 Å². The van der Waals surface area contributed by atoms with Gasteiger partial charge in [-0.15, -0.1) is 11.3 Å². The lowest BCUT2D eigenvalue weighted by atomic mass is 10.3. The van der Waals surface area contributed by atoms with Crippen molar-refractivity contribution in [3.63, 3.8) is 0 Å². The molecule has 0 fully saturated rings. The molecule has 0 atom stereocenters. The van der Waals surface area contributed by atoms with Crippen LogP contribution >= 0.6 is 11.3 Å². The first-order valence-electron chi connectivity index (χ1n) is 5.32. The van der Waals surface area contributed by atoms with Crippen molar-refractivity contribution in [2.24, 2.45) is 7.05 Å². The molecule has 0 aliphatic carbocycles. The number of nitrogens with zero attached hydrogens (tertiary/aromatic N) is 4. The molecule has 0 unspecified atom stereocenters.